The first kappa shape index (κ1) is 15.3. The average molecular weight is 308 g/mol. The highest BCUT2D eigenvalue weighted by Crippen LogP contribution is 2.25. The Labute approximate surface area is 127 Å². The van der Waals surface area contributed by atoms with Gasteiger partial charge in [0, 0.05) is 12.1 Å². The Morgan fingerprint density at radius 1 is 1.29 bits per heavy atom. The summed E-state index contributed by atoms with van der Waals surface area (Å²) < 4.78 is 18.7. The molecule has 21 heavy (non-hydrogen) atoms. The Kier molecular flexibility index (Phi) is 5.17. The maximum absolute atomic E-state index is 13.4. The Morgan fingerprint density at radius 2 is 2.05 bits per heavy atom. The number of carbonyl (C=O) groups excluding carboxylic acids is 1. The molecule has 5 heteroatoms. The van der Waals surface area contributed by atoms with Crippen molar-refractivity contribution < 1.29 is 13.9 Å². The van der Waals surface area contributed by atoms with Crippen molar-refractivity contribution in [1.82, 2.24) is 5.32 Å². The van der Waals surface area contributed by atoms with Crippen LogP contribution in [0.15, 0.2) is 42.5 Å². The van der Waals surface area contributed by atoms with Crippen LogP contribution < -0.4 is 10.1 Å². The van der Waals surface area contributed by atoms with Gasteiger partial charge < -0.3 is 10.1 Å². The van der Waals surface area contributed by atoms with Gasteiger partial charge in [0.15, 0.2) is 6.61 Å². The van der Waals surface area contributed by atoms with E-state index in [0.29, 0.717) is 16.3 Å². The fourth-order valence-corrected chi connectivity index (χ4v) is 1.92. The van der Waals surface area contributed by atoms with Crippen LogP contribution in [0, 0.1) is 12.7 Å². The van der Waals surface area contributed by atoms with E-state index in [9.17, 15) is 9.18 Å². The number of halogens is 2. The molecule has 0 heterocycles. The van der Waals surface area contributed by atoms with E-state index in [0.717, 1.165) is 5.56 Å². The number of nitrogens with one attached hydrogen (secondary N) is 1. The van der Waals surface area contributed by atoms with Crippen LogP contribution in [0.25, 0.3) is 0 Å². The lowest BCUT2D eigenvalue weighted by atomic mass is 10.2. The van der Waals surface area contributed by atoms with Crippen molar-refractivity contribution in [3.63, 3.8) is 0 Å². The Hall–Kier alpha value is -2.07. The highest BCUT2D eigenvalue weighted by atomic mass is 35.5. The normalized spacial score (nSPS) is 10.2. The van der Waals surface area contributed by atoms with E-state index < -0.39 is 0 Å². The summed E-state index contributed by atoms with van der Waals surface area (Å²) >= 11 is 5.97. The summed E-state index contributed by atoms with van der Waals surface area (Å²) in [5.74, 6) is -0.228. The maximum Gasteiger partial charge on any atom is 0.258 e. The molecule has 2 aromatic rings. The van der Waals surface area contributed by atoms with E-state index in [1.807, 2.05) is 13.0 Å². The number of carbonyl (C=O) groups is 1. The van der Waals surface area contributed by atoms with Crippen molar-refractivity contribution in [3.05, 3.63) is 64.4 Å². The van der Waals surface area contributed by atoms with E-state index in [-0.39, 0.29) is 24.9 Å². The topological polar surface area (TPSA) is 38.3 Å². The average Bonchev–Trinajstić information content (AvgIpc) is 2.47. The first-order valence-corrected chi connectivity index (χ1v) is 6.83. The predicted molar refractivity (Wildman–Crippen MR) is 79.9 cm³/mol. The van der Waals surface area contributed by atoms with E-state index in [4.69, 9.17) is 16.3 Å². The molecule has 110 valence electrons. The van der Waals surface area contributed by atoms with Crippen molar-refractivity contribution >= 4 is 17.5 Å². The zero-order valence-corrected chi connectivity index (χ0v) is 12.3. The molecule has 0 saturated heterocycles. The van der Waals surface area contributed by atoms with Crippen molar-refractivity contribution in [1.29, 1.82) is 0 Å². The highest BCUT2D eigenvalue weighted by molar-refractivity contribution is 6.32. The van der Waals surface area contributed by atoms with Gasteiger partial charge in [0.25, 0.3) is 5.91 Å². The minimum absolute atomic E-state index is 0.121. The number of hydrogen-bond donors (Lipinski definition) is 1. The fraction of sp³-hybridized carbons (Fsp3) is 0.188. The SMILES string of the molecule is Cc1ccc(Cl)c(OCC(=O)NCc2ccccc2F)c1. The monoisotopic (exact) mass is 307 g/mol. The number of hydrogen-bond acceptors (Lipinski definition) is 2. The molecule has 0 fully saturated rings. The third-order valence-electron chi connectivity index (χ3n) is 2.88. The lowest BCUT2D eigenvalue weighted by molar-refractivity contribution is -0.123. The number of rotatable bonds is 5. The molecular formula is C16H15ClFNO2. The molecule has 0 aliphatic carbocycles. The van der Waals surface area contributed by atoms with Gasteiger partial charge in [-0.2, -0.15) is 0 Å². The number of ether oxygens (including phenoxy) is 1. The minimum Gasteiger partial charge on any atom is -0.482 e. The summed E-state index contributed by atoms with van der Waals surface area (Å²) in [6.07, 6.45) is 0. The number of benzene rings is 2. The van der Waals surface area contributed by atoms with Gasteiger partial charge >= 0.3 is 0 Å². The maximum atomic E-state index is 13.4. The Bertz CT molecular complexity index is 646. The second kappa shape index (κ2) is 7.09. The number of amides is 1. The van der Waals surface area contributed by atoms with E-state index >= 15 is 0 Å². The predicted octanol–water partition coefficient (Wildman–Crippen LogP) is 3.48. The molecule has 0 radical (unpaired) electrons. The van der Waals surface area contributed by atoms with Gasteiger partial charge in [-0.3, -0.25) is 4.79 Å². The molecule has 0 aromatic heterocycles. The highest BCUT2D eigenvalue weighted by Gasteiger charge is 2.07. The molecule has 0 spiro atoms. The third kappa shape index (κ3) is 4.46. The van der Waals surface area contributed by atoms with Crippen molar-refractivity contribution in [2.45, 2.75) is 13.5 Å². The Morgan fingerprint density at radius 3 is 2.81 bits per heavy atom. The lowest BCUT2D eigenvalue weighted by Gasteiger charge is -2.09. The summed E-state index contributed by atoms with van der Waals surface area (Å²) in [6, 6.07) is 11.6. The zero-order valence-electron chi connectivity index (χ0n) is 11.5. The first-order valence-electron chi connectivity index (χ1n) is 6.45. The fourth-order valence-electron chi connectivity index (χ4n) is 1.75. The van der Waals surface area contributed by atoms with Gasteiger partial charge in [0.1, 0.15) is 11.6 Å². The van der Waals surface area contributed by atoms with Crippen molar-refractivity contribution in [3.8, 4) is 5.75 Å². The largest absolute Gasteiger partial charge is 0.482 e. The van der Waals surface area contributed by atoms with Crippen LogP contribution in [-0.2, 0) is 11.3 Å². The van der Waals surface area contributed by atoms with Gasteiger partial charge in [-0.25, -0.2) is 4.39 Å². The molecule has 0 aliphatic heterocycles. The smallest absolute Gasteiger partial charge is 0.258 e. The quantitative estimate of drug-likeness (QED) is 0.918. The van der Waals surface area contributed by atoms with Crippen LogP contribution >= 0.6 is 11.6 Å². The molecule has 0 atom stereocenters. The molecule has 1 N–H and O–H groups in total. The summed E-state index contributed by atoms with van der Waals surface area (Å²) in [6.45, 7) is 1.86. The molecular weight excluding hydrogens is 293 g/mol. The van der Waals surface area contributed by atoms with Gasteiger partial charge in [0.05, 0.1) is 5.02 Å². The molecule has 0 unspecified atom stereocenters. The molecule has 3 nitrogen and oxygen atoms in total. The van der Waals surface area contributed by atoms with E-state index in [2.05, 4.69) is 5.32 Å². The summed E-state index contributed by atoms with van der Waals surface area (Å²) in [5, 5.41) is 3.04. The van der Waals surface area contributed by atoms with Crippen LogP contribution in [0.5, 0.6) is 5.75 Å². The van der Waals surface area contributed by atoms with Crippen LogP contribution in [-0.4, -0.2) is 12.5 Å². The second-order valence-electron chi connectivity index (χ2n) is 4.59. The van der Waals surface area contributed by atoms with Crippen LogP contribution in [0.3, 0.4) is 0 Å². The van der Waals surface area contributed by atoms with Crippen LogP contribution in [0.2, 0.25) is 5.02 Å². The first-order chi connectivity index (χ1) is 10.1. The molecule has 0 bridgehead atoms. The van der Waals surface area contributed by atoms with Crippen molar-refractivity contribution in [2.24, 2.45) is 0 Å². The Balaban J connectivity index is 1.85. The van der Waals surface area contributed by atoms with E-state index in [1.54, 1.807) is 30.3 Å². The molecule has 0 aliphatic rings. The standard InChI is InChI=1S/C16H15ClFNO2/c1-11-6-7-13(17)15(8-11)21-10-16(20)19-9-12-4-2-3-5-14(12)18/h2-8H,9-10H2,1H3,(H,19,20). The number of aryl methyl sites for hydroxylation is 1. The van der Waals surface area contributed by atoms with Gasteiger partial charge in [-0.1, -0.05) is 35.9 Å². The second-order valence-corrected chi connectivity index (χ2v) is 5.00. The molecule has 2 aromatic carbocycles. The summed E-state index contributed by atoms with van der Waals surface area (Å²) in [7, 11) is 0. The van der Waals surface area contributed by atoms with E-state index in [1.165, 1.54) is 6.07 Å². The minimum atomic E-state index is -0.347. The van der Waals surface area contributed by atoms with Crippen LogP contribution in [0.1, 0.15) is 11.1 Å². The summed E-state index contributed by atoms with van der Waals surface area (Å²) in [4.78, 5) is 11.7. The molecule has 2 rings (SSSR count). The molecule has 0 saturated carbocycles. The van der Waals surface area contributed by atoms with Crippen molar-refractivity contribution in [2.75, 3.05) is 6.61 Å². The van der Waals surface area contributed by atoms with Gasteiger partial charge in [-0.05, 0) is 30.7 Å². The lowest BCUT2D eigenvalue weighted by Crippen LogP contribution is -2.28. The molecule has 1 amide bonds. The summed E-state index contributed by atoms with van der Waals surface area (Å²) in [5.41, 5.74) is 1.42. The van der Waals surface area contributed by atoms with Gasteiger partial charge in [-0.15, -0.1) is 0 Å². The van der Waals surface area contributed by atoms with Crippen LogP contribution in [0.4, 0.5) is 4.39 Å². The van der Waals surface area contributed by atoms with Gasteiger partial charge in [0.2, 0.25) is 0 Å². The third-order valence-corrected chi connectivity index (χ3v) is 3.19. The zero-order chi connectivity index (χ0) is 15.2.